The number of pyridine rings is 1. The molecule has 1 amide bonds. The number of aromatic nitrogens is 1. The molecule has 1 aliphatic heterocycles. The van der Waals surface area contributed by atoms with Gasteiger partial charge in [0.1, 0.15) is 5.82 Å². The second-order valence-electron chi connectivity index (χ2n) is 5.51. The molecule has 0 radical (unpaired) electrons. The predicted molar refractivity (Wildman–Crippen MR) is 79.8 cm³/mol. The highest BCUT2D eigenvalue weighted by Crippen LogP contribution is 2.20. The Kier molecular flexibility index (Phi) is 3.59. The SMILES string of the molecule is Cc1nc2cc(F)ccc2cc1C(=O)N1CCNC[C@@H]1C. The van der Waals surface area contributed by atoms with Crippen LogP contribution in [0.1, 0.15) is 23.0 Å². The average molecular weight is 287 g/mol. The second kappa shape index (κ2) is 5.41. The maximum absolute atomic E-state index is 13.2. The van der Waals surface area contributed by atoms with Crippen LogP contribution in [0, 0.1) is 12.7 Å². The van der Waals surface area contributed by atoms with Crippen LogP contribution >= 0.6 is 0 Å². The topological polar surface area (TPSA) is 45.2 Å². The Morgan fingerprint density at radius 3 is 3.00 bits per heavy atom. The van der Waals surface area contributed by atoms with E-state index in [1.54, 1.807) is 13.0 Å². The van der Waals surface area contributed by atoms with Crippen LogP contribution in [-0.2, 0) is 0 Å². The van der Waals surface area contributed by atoms with Crippen LogP contribution in [0.4, 0.5) is 4.39 Å². The fourth-order valence-corrected chi connectivity index (χ4v) is 2.75. The zero-order valence-electron chi connectivity index (χ0n) is 12.2. The number of amides is 1. The molecule has 0 spiro atoms. The molecule has 2 aromatic rings. The summed E-state index contributed by atoms with van der Waals surface area (Å²) in [5.74, 6) is -0.315. The largest absolute Gasteiger partial charge is 0.333 e. The summed E-state index contributed by atoms with van der Waals surface area (Å²) in [5.41, 5.74) is 1.82. The normalized spacial score (nSPS) is 19.0. The number of nitrogens with one attached hydrogen (secondary N) is 1. The molecule has 1 atom stereocenters. The van der Waals surface area contributed by atoms with E-state index in [4.69, 9.17) is 0 Å². The molecule has 0 saturated carbocycles. The molecule has 1 aromatic heterocycles. The van der Waals surface area contributed by atoms with Gasteiger partial charge in [-0.15, -0.1) is 0 Å². The number of benzene rings is 1. The van der Waals surface area contributed by atoms with Crippen LogP contribution in [0.25, 0.3) is 10.9 Å². The lowest BCUT2D eigenvalue weighted by molar-refractivity contribution is 0.0654. The third-order valence-electron chi connectivity index (χ3n) is 3.96. The van der Waals surface area contributed by atoms with Crippen molar-refractivity contribution in [2.45, 2.75) is 19.9 Å². The van der Waals surface area contributed by atoms with E-state index in [9.17, 15) is 9.18 Å². The maximum atomic E-state index is 13.2. The molecule has 110 valence electrons. The van der Waals surface area contributed by atoms with Crippen molar-refractivity contribution in [2.24, 2.45) is 0 Å². The number of fused-ring (bicyclic) bond motifs is 1. The third-order valence-corrected chi connectivity index (χ3v) is 3.96. The van der Waals surface area contributed by atoms with E-state index < -0.39 is 0 Å². The molecule has 0 bridgehead atoms. The van der Waals surface area contributed by atoms with Gasteiger partial charge in [0.15, 0.2) is 0 Å². The summed E-state index contributed by atoms with van der Waals surface area (Å²) in [6.07, 6.45) is 0. The molecule has 0 unspecified atom stereocenters. The molecule has 3 rings (SSSR count). The monoisotopic (exact) mass is 287 g/mol. The molecule has 0 aliphatic carbocycles. The zero-order valence-corrected chi connectivity index (χ0v) is 12.2. The summed E-state index contributed by atoms with van der Waals surface area (Å²) < 4.78 is 13.2. The number of piperazine rings is 1. The summed E-state index contributed by atoms with van der Waals surface area (Å²) in [6.45, 7) is 6.13. The van der Waals surface area contributed by atoms with E-state index >= 15 is 0 Å². The van der Waals surface area contributed by atoms with E-state index in [0.717, 1.165) is 18.5 Å². The molecule has 1 N–H and O–H groups in total. The van der Waals surface area contributed by atoms with Crippen molar-refractivity contribution < 1.29 is 9.18 Å². The van der Waals surface area contributed by atoms with Gasteiger partial charge in [-0.3, -0.25) is 9.78 Å². The number of carbonyl (C=O) groups excluding carboxylic acids is 1. The standard InChI is InChI=1S/C16H18FN3O/c1-10-9-18-5-6-20(10)16(21)14-7-12-3-4-13(17)8-15(12)19-11(14)2/h3-4,7-8,10,18H,5-6,9H2,1-2H3/t10-/m0/s1. The highest BCUT2D eigenvalue weighted by Gasteiger charge is 2.25. The highest BCUT2D eigenvalue weighted by atomic mass is 19.1. The highest BCUT2D eigenvalue weighted by molar-refractivity contribution is 5.98. The molecule has 1 fully saturated rings. The number of hydrogen-bond donors (Lipinski definition) is 1. The smallest absolute Gasteiger partial charge is 0.256 e. The van der Waals surface area contributed by atoms with Crippen molar-refractivity contribution in [3.8, 4) is 0 Å². The van der Waals surface area contributed by atoms with Crippen molar-refractivity contribution in [3.05, 3.63) is 41.3 Å². The summed E-state index contributed by atoms with van der Waals surface area (Å²) in [4.78, 5) is 19.0. The van der Waals surface area contributed by atoms with Gasteiger partial charge >= 0.3 is 0 Å². The van der Waals surface area contributed by atoms with Gasteiger partial charge in [-0.2, -0.15) is 0 Å². The number of nitrogens with zero attached hydrogens (tertiary/aromatic N) is 2. The van der Waals surface area contributed by atoms with Crippen LogP contribution in [-0.4, -0.2) is 41.5 Å². The summed E-state index contributed by atoms with van der Waals surface area (Å²) in [7, 11) is 0. The summed E-state index contributed by atoms with van der Waals surface area (Å²) in [6, 6.07) is 6.42. The van der Waals surface area contributed by atoms with Gasteiger partial charge in [0.05, 0.1) is 16.8 Å². The van der Waals surface area contributed by atoms with Gasteiger partial charge in [-0.05, 0) is 32.0 Å². The first kappa shape index (κ1) is 13.9. The fraction of sp³-hybridized carbons (Fsp3) is 0.375. The first-order valence-corrected chi connectivity index (χ1v) is 7.15. The minimum Gasteiger partial charge on any atom is -0.333 e. The Hall–Kier alpha value is -2.01. The summed E-state index contributed by atoms with van der Waals surface area (Å²) in [5, 5.41) is 4.06. The predicted octanol–water partition coefficient (Wildman–Crippen LogP) is 2.12. The van der Waals surface area contributed by atoms with E-state index in [1.807, 2.05) is 17.9 Å². The number of rotatable bonds is 1. The van der Waals surface area contributed by atoms with E-state index in [1.165, 1.54) is 12.1 Å². The molecule has 5 heteroatoms. The van der Waals surface area contributed by atoms with Gasteiger partial charge in [0, 0.05) is 37.1 Å². The molecule has 1 aromatic carbocycles. The average Bonchev–Trinajstić information content (AvgIpc) is 2.46. The Morgan fingerprint density at radius 1 is 1.43 bits per heavy atom. The number of halogens is 1. The molecular weight excluding hydrogens is 269 g/mol. The minimum absolute atomic E-state index is 0.000208. The quantitative estimate of drug-likeness (QED) is 0.874. The van der Waals surface area contributed by atoms with Crippen LogP contribution in [0.3, 0.4) is 0 Å². The molecule has 1 saturated heterocycles. The Labute approximate surface area is 123 Å². The van der Waals surface area contributed by atoms with Crippen molar-refractivity contribution in [1.82, 2.24) is 15.2 Å². The molecular formula is C16H18FN3O. The van der Waals surface area contributed by atoms with Gasteiger partial charge in [0.25, 0.3) is 5.91 Å². The number of carbonyl (C=O) groups is 1. The van der Waals surface area contributed by atoms with Gasteiger partial charge < -0.3 is 10.2 Å². The third kappa shape index (κ3) is 2.61. The maximum Gasteiger partial charge on any atom is 0.256 e. The Morgan fingerprint density at radius 2 is 2.24 bits per heavy atom. The lowest BCUT2D eigenvalue weighted by Gasteiger charge is -2.34. The lowest BCUT2D eigenvalue weighted by atomic mass is 10.1. The van der Waals surface area contributed by atoms with Crippen molar-refractivity contribution in [1.29, 1.82) is 0 Å². The molecule has 4 nitrogen and oxygen atoms in total. The Balaban J connectivity index is 2.01. The molecule has 2 heterocycles. The van der Waals surface area contributed by atoms with Crippen LogP contribution in [0.15, 0.2) is 24.3 Å². The van der Waals surface area contributed by atoms with Crippen molar-refractivity contribution in [3.63, 3.8) is 0 Å². The minimum atomic E-state index is -0.316. The van der Waals surface area contributed by atoms with Gasteiger partial charge in [-0.1, -0.05) is 0 Å². The van der Waals surface area contributed by atoms with E-state index in [-0.39, 0.29) is 17.8 Å². The fourth-order valence-electron chi connectivity index (χ4n) is 2.75. The van der Waals surface area contributed by atoms with Gasteiger partial charge in [0.2, 0.25) is 0 Å². The van der Waals surface area contributed by atoms with Crippen molar-refractivity contribution >= 4 is 16.8 Å². The van der Waals surface area contributed by atoms with E-state index in [0.29, 0.717) is 23.3 Å². The zero-order chi connectivity index (χ0) is 15.0. The summed E-state index contributed by atoms with van der Waals surface area (Å²) >= 11 is 0. The number of hydrogen-bond acceptors (Lipinski definition) is 3. The van der Waals surface area contributed by atoms with Crippen LogP contribution in [0.5, 0.6) is 0 Å². The van der Waals surface area contributed by atoms with Crippen LogP contribution in [0.2, 0.25) is 0 Å². The van der Waals surface area contributed by atoms with Crippen LogP contribution < -0.4 is 5.32 Å². The Bertz CT molecular complexity index is 701. The number of aryl methyl sites for hydroxylation is 1. The van der Waals surface area contributed by atoms with Crippen molar-refractivity contribution in [2.75, 3.05) is 19.6 Å². The molecule has 21 heavy (non-hydrogen) atoms. The van der Waals surface area contributed by atoms with E-state index in [2.05, 4.69) is 10.3 Å². The van der Waals surface area contributed by atoms with Gasteiger partial charge in [-0.25, -0.2) is 4.39 Å². The molecule has 1 aliphatic rings. The first-order valence-electron chi connectivity index (χ1n) is 7.15. The lowest BCUT2D eigenvalue weighted by Crippen LogP contribution is -2.52. The first-order chi connectivity index (χ1) is 10.1. The second-order valence-corrected chi connectivity index (χ2v) is 5.51.